The van der Waals surface area contributed by atoms with Crippen molar-refractivity contribution in [1.29, 1.82) is 0 Å². The fourth-order valence-electron chi connectivity index (χ4n) is 5.98. The van der Waals surface area contributed by atoms with E-state index in [0.717, 1.165) is 19.0 Å². The SMILES string of the molecule is c1ccc(CN2CCC(NCCN3CCC(C(c4ccccc4)c4ccccc4)CC3)C2)cc1. The molecule has 34 heavy (non-hydrogen) atoms. The predicted octanol–water partition coefficient (Wildman–Crippen LogP) is 5.39. The van der Waals surface area contributed by atoms with E-state index in [1.807, 2.05) is 0 Å². The molecule has 2 fully saturated rings. The smallest absolute Gasteiger partial charge is 0.0234 e. The Morgan fingerprint density at radius 3 is 1.85 bits per heavy atom. The van der Waals surface area contributed by atoms with Crippen LogP contribution in [0.25, 0.3) is 0 Å². The van der Waals surface area contributed by atoms with Crippen molar-refractivity contribution in [1.82, 2.24) is 15.1 Å². The van der Waals surface area contributed by atoms with Crippen molar-refractivity contribution in [2.24, 2.45) is 5.92 Å². The first-order valence-corrected chi connectivity index (χ1v) is 13.2. The van der Waals surface area contributed by atoms with Crippen LogP contribution in [0.3, 0.4) is 0 Å². The van der Waals surface area contributed by atoms with Gasteiger partial charge in [0.05, 0.1) is 0 Å². The van der Waals surface area contributed by atoms with Gasteiger partial charge >= 0.3 is 0 Å². The van der Waals surface area contributed by atoms with Crippen LogP contribution < -0.4 is 5.32 Å². The topological polar surface area (TPSA) is 18.5 Å². The molecule has 2 aliphatic heterocycles. The quantitative estimate of drug-likeness (QED) is 0.468. The molecule has 0 bridgehead atoms. The molecule has 0 aliphatic carbocycles. The Kier molecular flexibility index (Phi) is 8.08. The Labute approximate surface area is 205 Å². The van der Waals surface area contributed by atoms with E-state index in [1.54, 1.807) is 0 Å². The van der Waals surface area contributed by atoms with Gasteiger partial charge in [-0.1, -0.05) is 91.0 Å². The standard InChI is InChI=1S/C31H39N3/c1-4-10-26(11-5-1)24-34-22-18-30(25-34)32-19-23-33-20-16-29(17-21-33)31(27-12-6-2-7-13-27)28-14-8-3-9-15-28/h1-15,29-32H,16-25H2. The lowest BCUT2D eigenvalue weighted by atomic mass is 9.76. The molecule has 1 unspecified atom stereocenters. The van der Waals surface area contributed by atoms with E-state index in [9.17, 15) is 0 Å². The average Bonchev–Trinajstić information content (AvgIpc) is 3.34. The first kappa shape index (κ1) is 23.3. The lowest BCUT2D eigenvalue weighted by Gasteiger charge is -2.37. The van der Waals surface area contributed by atoms with Crippen molar-refractivity contribution in [3.8, 4) is 0 Å². The van der Waals surface area contributed by atoms with Gasteiger partial charge in [-0.3, -0.25) is 4.90 Å². The van der Waals surface area contributed by atoms with Gasteiger partial charge < -0.3 is 10.2 Å². The summed E-state index contributed by atoms with van der Waals surface area (Å²) in [7, 11) is 0. The normalized spacial score (nSPS) is 20.2. The molecule has 2 aliphatic rings. The number of hydrogen-bond acceptors (Lipinski definition) is 3. The number of likely N-dealkylation sites (tertiary alicyclic amines) is 2. The number of rotatable bonds is 9. The van der Waals surface area contributed by atoms with E-state index < -0.39 is 0 Å². The van der Waals surface area contributed by atoms with Crippen LogP contribution in [0.5, 0.6) is 0 Å². The van der Waals surface area contributed by atoms with Crippen LogP contribution in [-0.2, 0) is 6.54 Å². The minimum Gasteiger partial charge on any atom is -0.311 e. The summed E-state index contributed by atoms with van der Waals surface area (Å²) in [6.07, 6.45) is 3.83. The molecule has 3 nitrogen and oxygen atoms in total. The summed E-state index contributed by atoms with van der Waals surface area (Å²) in [5.74, 6) is 1.23. The molecule has 2 saturated heterocycles. The van der Waals surface area contributed by atoms with Crippen LogP contribution in [0, 0.1) is 5.92 Å². The number of piperidine rings is 1. The maximum Gasteiger partial charge on any atom is 0.0234 e. The fourth-order valence-corrected chi connectivity index (χ4v) is 5.98. The third-order valence-electron chi connectivity index (χ3n) is 7.80. The molecule has 0 saturated carbocycles. The molecule has 3 aromatic carbocycles. The van der Waals surface area contributed by atoms with Gasteiger partial charge in [0.25, 0.3) is 0 Å². The van der Waals surface area contributed by atoms with Gasteiger partial charge in [-0.15, -0.1) is 0 Å². The monoisotopic (exact) mass is 453 g/mol. The molecule has 0 radical (unpaired) electrons. The fraction of sp³-hybridized carbons (Fsp3) is 0.419. The van der Waals surface area contributed by atoms with Gasteiger partial charge in [0.15, 0.2) is 0 Å². The zero-order chi connectivity index (χ0) is 23.0. The summed E-state index contributed by atoms with van der Waals surface area (Å²) in [6, 6.07) is 33.8. The molecule has 1 atom stereocenters. The largest absolute Gasteiger partial charge is 0.311 e. The second kappa shape index (κ2) is 11.8. The number of nitrogens with one attached hydrogen (secondary N) is 1. The summed E-state index contributed by atoms with van der Waals surface area (Å²) < 4.78 is 0. The van der Waals surface area contributed by atoms with E-state index >= 15 is 0 Å². The van der Waals surface area contributed by atoms with E-state index in [2.05, 4.69) is 106 Å². The van der Waals surface area contributed by atoms with Gasteiger partial charge in [0, 0.05) is 44.7 Å². The Balaban J connectivity index is 1.07. The van der Waals surface area contributed by atoms with Crippen molar-refractivity contribution in [2.45, 2.75) is 37.8 Å². The Hall–Kier alpha value is -2.46. The summed E-state index contributed by atoms with van der Waals surface area (Å²) in [4.78, 5) is 5.26. The molecule has 5 rings (SSSR count). The van der Waals surface area contributed by atoms with Gasteiger partial charge in [-0.2, -0.15) is 0 Å². The molecule has 0 spiro atoms. The molecule has 0 amide bonds. The lowest BCUT2D eigenvalue weighted by Crippen LogP contribution is -2.42. The second-order valence-corrected chi connectivity index (χ2v) is 10.1. The Bertz CT molecular complexity index is 928. The van der Waals surface area contributed by atoms with Crippen LogP contribution in [0.2, 0.25) is 0 Å². The van der Waals surface area contributed by atoms with Gasteiger partial charge in [0.2, 0.25) is 0 Å². The Morgan fingerprint density at radius 2 is 1.24 bits per heavy atom. The van der Waals surface area contributed by atoms with E-state index in [1.165, 1.54) is 68.7 Å². The Morgan fingerprint density at radius 1 is 0.676 bits per heavy atom. The maximum atomic E-state index is 3.85. The highest BCUT2D eigenvalue weighted by Crippen LogP contribution is 2.37. The summed E-state index contributed by atoms with van der Waals surface area (Å²) in [5.41, 5.74) is 4.36. The molecular weight excluding hydrogens is 414 g/mol. The van der Waals surface area contributed by atoms with Crippen molar-refractivity contribution >= 4 is 0 Å². The summed E-state index contributed by atoms with van der Waals surface area (Å²) in [5, 5.41) is 3.85. The van der Waals surface area contributed by atoms with Crippen LogP contribution in [0.4, 0.5) is 0 Å². The van der Waals surface area contributed by atoms with Crippen LogP contribution >= 0.6 is 0 Å². The van der Waals surface area contributed by atoms with Crippen molar-refractivity contribution in [3.63, 3.8) is 0 Å². The molecule has 3 heteroatoms. The van der Waals surface area contributed by atoms with Crippen molar-refractivity contribution in [3.05, 3.63) is 108 Å². The highest BCUT2D eigenvalue weighted by Gasteiger charge is 2.29. The first-order valence-electron chi connectivity index (χ1n) is 13.2. The zero-order valence-electron chi connectivity index (χ0n) is 20.4. The molecule has 0 aromatic heterocycles. The van der Waals surface area contributed by atoms with Crippen molar-refractivity contribution in [2.75, 3.05) is 39.3 Å². The van der Waals surface area contributed by atoms with Crippen LogP contribution in [0.1, 0.15) is 41.9 Å². The van der Waals surface area contributed by atoms with Gasteiger partial charge in [-0.05, 0) is 55.0 Å². The molecular formula is C31H39N3. The molecule has 1 N–H and O–H groups in total. The summed E-state index contributed by atoms with van der Waals surface area (Å²) >= 11 is 0. The minimum atomic E-state index is 0.511. The summed E-state index contributed by atoms with van der Waals surface area (Å²) in [6.45, 7) is 8.17. The predicted molar refractivity (Wildman–Crippen MR) is 142 cm³/mol. The zero-order valence-corrected chi connectivity index (χ0v) is 20.4. The highest BCUT2D eigenvalue weighted by molar-refractivity contribution is 5.33. The highest BCUT2D eigenvalue weighted by atomic mass is 15.2. The average molecular weight is 454 g/mol. The van der Waals surface area contributed by atoms with Gasteiger partial charge in [-0.25, -0.2) is 0 Å². The maximum absolute atomic E-state index is 3.85. The van der Waals surface area contributed by atoms with E-state index in [-0.39, 0.29) is 0 Å². The molecule has 3 aromatic rings. The van der Waals surface area contributed by atoms with E-state index in [0.29, 0.717) is 12.0 Å². The second-order valence-electron chi connectivity index (χ2n) is 10.1. The van der Waals surface area contributed by atoms with Gasteiger partial charge in [0.1, 0.15) is 0 Å². The van der Waals surface area contributed by atoms with Crippen LogP contribution in [0.15, 0.2) is 91.0 Å². The first-order chi connectivity index (χ1) is 16.8. The molecule has 178 valence electrons. The number of nitrogens with zero attached hydrogens (tertiary/aromatic N) is 2. The third-order valence-corrected chi connectivity index (χ3v) is 7.80. The molecule has 2 heterocycles. The van der Waals surface area contributed by atoms with E-state index in [4.69, 9.17) is 0 Å². The third kappa shape index (κ3) is 6.15. The lowest BCUT2D eigenvalue weighted by molar-refractivity contribution is 0.174. The number of benzene rings is 3. The van der Waals surface area contributed by atoms with Crippen molar-refractivity contribution < 1.29 is 0 Å². The van der Waals surface area contributed by atoms with Crippen LogP contribution in [-0.4, -0.2) is 55.1 Å². The number of hydrogen-bond donors (Lipinski definition) is 1. The minimum absolute atomic E-state index is 0.511.